The van der Waals surface area contributed by atoms with Crippen LogP contribution in [0.3, 0.4) is 0 Å². The predicted molar refractivity (Wildman–Crippen MR) is 183 cm³/mol. The van der Waals surface area contributed by atoms with E-state index in [1.807, 2.05) is 0 Å². The standard InChI is InChI=1S/C39H34P2/c1-30-27-33(39(28-31(30)2)41(36-22-11-5-12-23-36)37-24-13-6-14-25-37)29-32-17-15-16-26-38(32)40(34-18-7-3-8-19-34)35-20-9-4-10-21-35/h3-28H,29H2,1-2H3. The average molecular weight is 565 g/mol. The van der Waals surface area contributed by atoms with Gasteiger partial charge >= 0.3 is 0 Å². The summed E-state index contributed by atoms with van der Waals surface area (Å²) in [4.78, 5) is 0. The van der Waals surface area contributed by atoms with Crippen molar-refractivity contribution in [1.82, 2.24) is 0 Å². The molecule has 0 aliphatic carbocycles. The minimum absolute atomic E-state index is 0.684. The van der Waals surface area contributed by atoms with Crippen molar-refractivity contribution in [3.05, 3.63) is 180 Å². The van der Waals surface area contributed by atoms with Gasteiger partial charge in [-0.3, -0.25) is 0 Å². The second-order valence-electron chi connectivity index (χ2n) is 10.4. The van der Waals surface area contributed by atoms with E-state index in [2.05, 4.69) is 172 Å². The minimum Gasteiger partial charge on any atom is -0.0622 e. The van der Waals surface area contributed by atoms with Crippen LogP contribution >= 0.6 is 15.8 Å². The average Bonchev–Trinajstić information content (AvgIpc) is 3.03. The number of hydrogen-bond donors (Lipinski definition) is 0. The molecule has 0 saturated heterocycles. The van der Waals surface area contributed by atoms with E-state index in [0.717, 1.165) is 6.42 Å². The summed E-state index contributed by atoms with van der Waals surface area (Å²) < 4.78 is 0. The van der Waals surface area contributed by atoms with Crippen molar-refractivity contribution >= 4 is 47.7 Å². The number of aryl methyl sites for hydroxylation is 2. The van der Waals surface area contributed by atoms with Crippen LogP contribution < -0.4 is 31.8 Å². The van der Waals surface area contributed by atoms with E-state index in [9.17, 15) is 0 Å². The third-order valence-electron chi connectivity index (χ3n) is 7.61. The molecule has 6 aromatic carbocycles. The molecule has 0 spiro atoms. The van der Waals surface area contributed by atoms with Gasteiger partial charge in [0.1, 0.15) is 0 Å². The summed E-state index contributed by atoms with van der Waals surface area (Å²) in [6.07, 6.45) is 0.906. The number of hydrogen-bond acceptors (Lipinski definition) is 0. The van der Waals surface area contributed by atoms with Gasteiger partial charge in [-0.05, 0) is 90.2 Å². The fraction of sp³-hybridized carbons (Fsp3) is 0.0769. The third kappa shape index (κ3) is 6.11. The van der Waals surface area contributed by atoms with Crippen molar-refractivity contribution < 1.29 is 0 Å². The Bertz CT molecular complexity index is 1630. The van der Waals surface area contributed by atoms with Gasteiger partial charge in [0.25, 0.3) is 0 Å². The van der Waals surface area contributed by atoms with Crippen molar-refractivity contribution in [1.29, 1.82) is 0 Å². The van der Waals surface area contributed by atoms with E-state index < -0.39 is 15.8 Å². The van der Waals surface area contributed by atoms with Crippen LogP contribution in [0.4, 0.5) is 0 Å². The van der Waals surface area contributed by atoms with Crippen molar-refractivity contribution in [3.63, 3.8) is 0 Å². The zero-order valence-electron chi connectivity index (χ0n) is 23.6. The van der Waals surface area contributed by atoms with Gasteiger partial charge in [0.15, 0.2) is 0 Å². The maximum absolute atomic E-state index is 2.47. The van der Waals surface area contributed by atoms with E-state index >= 15 is 0 Å². The summed E-state index contributed by atoms with van der Waals surface area (Å²) in [7, 11) is -1.38. The molecule has 41 heavy (non-hydrogen) atoms. The van der Waals surface area contributed by atoms with Crippen molar-refractivity contribution in [2.75, 3.05) is 0 Å². The molecule has 0 unspecified atom stereocenters. The van der Waals surface area contributed by atoms with E-state index in [0.29, 0.717) is 0 Å². The second-order valence-corrected chi connectivity index (χ2v) is 14.8. The molecule has 0 nitrogen and oxygen atoms in total. The lowest BCUT2D eigenvalue weighted by Gasteiger charge is -2.26. The van der Waals surface area contributed by atoms with Crippen LogP contribution in [0.15, 0.2) is 158 Å². The molecular formula is C39H34P2. The molecule has 0 aromatic heterocycles. The molecule has 0 atom stereocenters. The molecule has 200 valence electrons. The highest BCUT2D eigenvalue weighted by molar-refractivity contribution is 7.80. The fourth-order valence-corrected chi connectivity index (χ4v) is 10.5. The van der Waals surface area contributed by atoms with Gasteiger partial charge in [0.2, 0.25) is 0 Å². The summed E-state index contributed by atoms with van der Waals surface area (Å²) >= 11 is 0. The zero-order valence-corrected chi connectivity index (χ0v) is 25.4. The van der Waals surface area contributed by atoms with Crippen LogP contribution in [-0.4, -0.2) is 0 Å². The molecule has 0 amide bonds. The predicted octanol–water partition coefficient (Wildman–Crippen LogP) is 7.41. The van der Waals surface area contributed by atoms with E-state index in [1.54, 1.807) is 0 Å². The zero-order chi connectivity index (χ0) is 28.0. The molecule has 2 heteroatoms. The molecule has 6 aromatic rings. The molecule has 0 aliphatic rings. The third-order valence-corrected chi connectivity index (χ3v) is 12.7. The Morgan fingerprint density at radius 3 is 1.20 bits per heavy atom. The lowest BCUT2D eigenvalue weighted by Crippen LogP contribution is -2.26. The maximum atomic E-state index is 2.47. The topological polar surface area (TPSA) is 0 Å². The highest BCUT2D eigenvalue weighted by atomic mass is 31.1. The van der Waals surface area contributed by atoms with E-state index in [4.69, 9.17) is 0 Å². The van der Waals surface area contributed by atoms with Gasteiger partial charge in [0, 0.05) is 0 Å². The lowest BCUT2D eigenvalue weighted by molar-refractivity contribution is 1.20. The van der Waals surface area contributed by atoms with Crippen LogP contribution in [0, 0.1) is 13.8 Å². The largest absolute Gasteiger partial charge is 0.0622 e. The summed E-state index contributed by atoms with van der Waals surface area (Å²) in [5.41, 5.74) is 5.54. The molecule has 0 saturated carbocycles. The Kier molecular flexibility index (Phi) is 8.53. The summed E-state index contributed by atoms with van der Waals surface area (Å²) in [5, 5.41) is 8.45. The SMILES string of the molecule is Cc1cc(Cc2ccccc2P(c2ccccc2)c2ccccc2)c(P(c2ccccc2)c2ccccc2)cc1C. The molecule has 0 N–H and O–H groups in total. The monoisotopic (exact) mass is 564 g/mol. The minimum atomic E-state index is -0.699. The highest BCUT2D eigenvalue weighted by Crippen LogP contribution is 2.38. The first-order chi connectivity index (χ1) is 20.2. The Morgan fingerprint density at radius 2 is 0.732 bits per heavy atom. The maximum Gasteiger partial charge on any atom is -0.00125 e. The first-order valence-corrected chi connectivity index (χ1v) is 16.9. The van der Waals surface area contributed by atoms with Gasteiger partial charge in [-0.2, -0.15) is 0 Å². The van der Waals surface area contributed by atoms with Crippen LogP contribution in [0.25, 0.3) is 0 Å². The van der Waals surface area contributed by atoms with E-state index in [-0.39, 0.29) is 0 Å². The van der Waals surface area contributed by atoms with Crippen LogP contribution in [0.1, 0.15) is 22.3 Å². The van der Waals surface area contributed by atoms with Crippen molar-refractivity contribution in [2.45, 2.75) is 20.3 Å². The number of benzene rings is 6. The molecular weight excluding hydrogens is 530 g/mol. The second kappa shape index (κ2) is 12.8. The summed E-state index contributed by atoms with van der Waals surface area (Å²) in [6, 6.07) is 58.3. The smallest absolute Gasteiger partial charge is 0.00125 e. The summed E-state index contributed by atoms with van der Waals surface area (Å²) in [5.74, 6) is 0. The van der Waals surface area contributed by atoms with Crippen molar-refractivity contribution in [2.24, 2.45) is 0 Å². The molecule has 0 aliphatic heterocycles. The van der Waals surface area contributed by atoms with Gasteiger partial charge in [0.05, 0.1) is 0 Å². The highest BCUT2D eigenvalue weighted by Gasteiger charge is 2.23. The van der Waals surface area contributed by atoms with Gasteiger partial charge in [-0.1, -0.05) is 158 Å². The fourth-order valence-electron chi connectivity index (χ4n) is 5.46. The summed E-state index contributed by atoms with van der Waals surface area (Å²) in [6.45, 7) is 4.51. The van der Waals surface area contributed by atoms with Gasteiger partial charge < -0.3 is 0 Å². The van der Waals surface area contributed by atoms with E-state index in [1.165, 1.54) is 54.1 Å². The normalized spacial score (nSPS) is 11.2. The first-order valence-electron chi connectivity index (χ1n) is 14.2. The van der Waals surface area contributed by atoms with Gasteiger partial charge in [-0.25, -0.2) is 0 Å². The van der Waals surface area contributed by atoms with Gasteiger partial charge in [-0.15, -0.1) is 0 Å². The Balaban J connectivity index is 1.51. The Labute approximate surface area is 247 Å². The number of rotatable bonds is 8. The Hall–Kier alpha value is -3.82. The van der Waals surface area contributed by atoms with Crippen LogP contribution in [-0.2, 0) is 6.42 Å². The molecule has 0 radical (unpaired) electrons. The van der Waals surface area contributed by atoms with Crippen molar-refractivity contribution in [3.8, 4) is 0 Å². The first kappa shape index (κ1) is 27.4. The van der Waals surface area contributed by atoms with Crippen LogP contribution in [0.5, 0.6) is 0 Å². The molecule has 6 rings (SSSR count). The molecule has 0 bridgehead atoms. The lowest BCUT2D eigenvalue weighted by atomic mass is 10.0. The molecule has 0 heterocycles. The van der Waals surface area contributed by atoms with Crippen LogP contribution in [0.2, 0.25) is 0 Å². The Morgan fingerprint density at radius 1 is 0.366 bits per heavy atom. The quantitative estimate of drug-likeness (QED) is 0.169. The molecule has 0 fully saturated rings.